The van der Waals surface area contributed by atoms with Gasteiger partial charge in [-0.05, 0) is 33.8 Å². The number of benzene rings is 1. The molecule has 2 rings (SSSR count). The Labute approximate surface area is 127 Å². The first-order valence-corrected chi connectivity index (χ1v) is 7.48. The molecule has 102 valence electrons. The molecule has 2 aromatic rings. The van der Waals surface area contributed by atoms with Crippen molar-refractivity contribution in [2.45, 2.75) is 10.4 Å². The van der Waals surface area contributed by atoms with Crippen molar-refractivity contribution < 1.29 is 18.4 Å². The first-order chi connectivity index (χ1) is 8.83. The minimum atomic E-state index is -4.45. The molecule has 0 amide bonds. The second kappa shape index (κ2) is 5.51. The highest BCUT2D eigenvalue weighted by Gasteiger charge is 2.33. The van der Waals surface area contributed by atoms with Gasteiger partial charge in [-0.1, -0.05) is 28.9 Å². The molecule has 0 unspecified atom stereocenters. The van der Waals surface area contributed by atoms with E-state index < -0.39 is 5.51 Å². The van der Waals surface area contributed by atoms with E-state index in [1.807, 2.05) is 0 Å². The van der Waals surface area contributed by atoms with Gasteiger partial charge in [-0.2, -0.15) is 13.2 Å². The van der Waals surface area contributed by atoms with Crippen molar-refractivity contribution in [3.8, 4) is 0 Å². The number of nitrogens with zero attached hydrogens (tertiary/aromatic N) is 1. The fourth-order valence-corrected chi connectivity index (χ4v) is 4.33. The highest BCUT2D eigenvalue weighted by atomic mass is 79.9. The lowest BCUT2D eigenvalue weighted by Gasteiger charge is -2.06. The van der Waals surface area contributed by atoms with Gasteiger partial charge in [0.05, 0.1) is 9.58 Å². The molecule has 1 aromatic heterocycles. The summed E-state index contributed by atoms with van der Waals surface area (Å²) in [5.74, 6) is 0. The van der Waals surface area contributed by atoms with Crippen LogP contribution in [0.15, 0.2) is 32.7 Å². The maximum atomic E-state index is 12.6. The zero-order valence-corrected chi connectivity index (χ0v) is 12.8. The van der Waals surface area contributed by atoms with E-state index in [0.717, 1.165) is 11.3 Å². The van der Waals surface area contributed by atoms with E-state index in [1.54, 1.807) is 18.2 Å². The van der Waals surface area contributed by atoms with E-state index in [1.165, 1.54) is 0 Å². The van der Waals surface area contributed by atoms with Crippen LogP contribution in [-0.4, -0.2) is 15.9 Å². The fourth-order valence-electron chi connectivity index (χ4n) is 1.46. The molecule has 19 heavy (non-hydrogen) atoms. The minimum Gasteiger partial charge on any atom is -0.410 e. The minimum absolute atomic E-state index is 0.0587. The third-order valence-electron chi connectivity index (χ3n) is 2.11. The number of fused-ring (bicyclic) bond motifs is 1. The van der Waals surface area contributed by atoms with Crippen molar-refractivity contribution in [3.63, 3.8) is 0 Å². The Morgan fingerprint density at radius 2 is 2.11 bits per heavy atom. The molecule has 0 spiro atoms. The van der Waals surface area contributed by atoms with Crippen LogP contribution in [0, 0.1) is 0 Å². The van der Waals surface area contributed by atoms with Crippen LogP contribution >= 0.6 is 50.6 Å². The third kappa shape index (κ3) is 3.18. The topological polar surface area (TPSA) is 32.6 Å². The Hall–Kier alpha value is -0.440. The molecule has 0 saturated heterocycles. The predicted octanol–water partition coefficient (Wildman–Crippen LogP) is 5.65. The van der Waals surface area contributed by atoms with Crippen LogP contribution in [0.1, 0.15) is 4.88 Å². The molecular formula is C10H4BrClF3NOS2. The highest BCUT2D eigenvalue weighted by Crippen LogP contribution is 2.47. The van der Waals surface area contributed by atoms with Gasteiger partial charge in [-0.15, -0.1) is 11.3 Å². The average molecular weight is 391 g/mol. The van der Waals surface area contributed by atoms with Gasteiger partial charge in [0.25, 0.3) is 0 Å². The quantitative estimate of drug-likeness (QED) is 0.311. The molecule has 0 fully saturated rings. The number of thiophene rings is 1. The molecule has 0 bridgehead atoms. The summed E-state index contributed by atoms with van der Waals surface area (Å²) in [6, 6.07) is 4.91. The Balaban J connectivity index is 2.73. The molecule has 1 heterocycles. The largest absolute Gasteiger partial charge is 0.446 e. The summed E-state index contributed by atoms with van der Waals surface area (Å²) in [7, 11) is 0. The SMILES string of the molecule is O/N=C(\Cl)c1sc2c(Br)cccc2c1SC(F)(F)F. The fraction of sp³-hybridized carbons (Fsp3) is 0.100. The van der Waals surface area contributed by atoms with E-state index in [-0.39, 0.29) is 26.7 Å². The van der Waals surface area contributed by atoms with Gasteiger partial charge < -0.3 is 5.21 Å². The number of halogens is 5. The highest BCUT2D eigenvalue weighted by molar-refractivity contribution is 9.10. The van der Waals surface area contributed by atoms with E-state index in [9.17, 15) is 13.2 Å². The van der Waals surface area contributed by atoms with Crippen molar-refractivity contribution in [1.82, 2.24) is 0 Å². The molecule has 0 saturated carbocycles. The number of hydrogen-bond acceptors (Lipinski definition) is 4. The summed E-state index contributed by atoms with van der Waals surface area (Å²) in [6.45, 7) is 0. The van der Waals surface area contributed by atoms with Gasteiger partial charge in [-0.25, -0.2) is 0 Å². The summed E-state index contributed by atoms with van der Waals surface area (Å²) in [6.07, 6.45) is 0. The smallest absolute Gasteiger partial charge is 0.410 e. The van der Waals surface area contributed by atoms with Gasteiger partial charge >= 0.3 is 5.51 Å². The van der Waals surface area contributed by atoms with Crippen LogP contribution in [0.25, 0.3) is 10.1 Å². The molecule has 0 radical (unpaired) electrons. The Bertz CT molecular complexity index is 656. The van der Waals surface area contributed by atoms with E-state index in [2.05, 4.69) is 21.1 Å². The van der Waals surface area contributed by atoms with Crippen LogP contribution in [0.3, 0.4) is 0 Å². The molecule has 1 N–H and O–H groups in total. The summed E-state index contributed by atoms with van der Waals surface area (Å²) >= 11 is 9.69. The summed E-state index contributed by atoms with van der Waals surface area (Å²) < 4.78 is 39.1. The van der Waals surface area contributed by atoms with E-state index >= 15 is 0 Å². The van der Waals surface area contributed by atoms with Crippen LogP contribution in [0.4, 0.5) is 13.2 Å². The van der Waals surface area contributed by atoms with Crippen LogP contribution in [-0.2, 0) is 0 Å². The number of hydrogen-bond donors (Lipinski definition) is 1. The molecule has 1 aromatic carbocycles. The van der Waals surface area contributed by atoms with Gasteiger partial charge in [-0.3, -0.25) is 0 Å². The van der Waals surface area contributed by atoms with Gasteiger partial charge in [0, 0.05) is 14.8 Å². The number of thioether (sulfide) groups is 1. The average Bonchev–Trinajstić information content (AvgIpc) is 2.67. The van der Waals surface area contributed by atoms with E-state index in [4.69, 9.17) is 16.8 Å². The van der Waals surface area contributed by atoms with Crippen molar-refractivity contribution in [2.75, 3.05) is 0 Å². The molecule has 0 atom stereocenters. The summed E-state index contributed by atoms with van der Waals surface area (Å²) in [5, 5.41) is 11.5. The molecule has 9 heteroatoms. The predicted molar refractivity (Wildman–Crippen MR) is 75.6 cm³/mol. The lowest BCUT2D eigenvalue weighted by atomic mass is 10.2. The Morgan fingerprint density at radius 3 is 2.68 bits per heavy atom. The lowest BCUT2D eigenvalue weighted by Crippen LogP contribution is -2.01. The first-order valence-electron chi connectivity index (χ1n) is 4.68. The molecule has 0 aliphatic rings. The van der Waals surface area contributed by atoms with Gasteiger partial charge in [0.15, 0.2) is 5.17 Å². The number of alkyl halides is 3. The van der Waals surface area contributed by atoms with Crippen LogP contribution < -0.4 is 0 Å². The van der Waals surface area contributed by atoms with Crippen molar-refractivity contribution in [1.29, 1.82) is 0 Å². The lowest BCUT2D eigenvalue weighted by molar-refractivity contribution is -0.0327. The normalized spacial score (nSPS) is 13.2. The zero-order chi connectivity index (χ0) is 14.2. The zero-order valence-electron chi connectivity index (χ0n) is 8.83. The summed E-state index contributed by atoms with van der Waals surface area (Å²) in [5.41, 5.74) is -4.45. The maximum Gasteiger partial charge on any atom is 0.446 e. The third-order valence-corrected chi connectivity index (χ3v) is 5.65. The first kappa shape index (κ1) is 15.0. The second-order valence-corrected chi connectivity index (χ2v) is 6.62. The maximum absolute atomic E-state index is 12.6. The van der Waals surface area contributed by atoms with Crippen LogP contribution in [0.2, 0.25) is 0 Å². The van der Waals surface area contributed by atoms with Gasteiger partial charge in [0.2, 0.25) is 0 Å². The monoisotopic (exact) mass is 389 g/mol. The number of oxime groups is 1. The Kier molecular flexibility index (Phi) is 4.34. The van der Waals surface area contributed by atoms with Crippen molar-refractivity contribution >= 4 is 65.9 Å². The molecule has 2 nitrogen and oxygen atoms in total. The molecule has 0 aliphatic heterocycles. The standard InChI is InChI=1S/C10H4BrClF3NOS2/c11-5-3-1-2-4-6(5)18-8(9(12)16-17)7(4)19-10(13,14)15/h1-3,17H/b16-9-. The molecular weight excluding hydrogens is 387 g/mol. The van der Waals surface area contributed by atoms with Crippen LogP contribution in [0.5, 0.6) is 0 Å². The molecule has 0 aliphatic carbocycles. The van der Waals surface area contributed by atoms with E-state index in [0.29, 0.717) is 14.6 Å². The Morgan fingerprint density at radius 1 is 1.42 bits per heavy atom. The van der Waals surface area contributed by atoms with Crippen molar-refractivity contribution in [3.05, 3.63) is 27.5 Å². The van der Waals surface area contributed by atoms with Crippen molar-refractivity contribution in [2.24, 2.45) is 5.16 Å². The van der Waals surface area contributed by atoms with Gasteiger partial charge in [0.1, 0.15) is 0 Å². The second-order valence-electron chi connectivity index (χ2n) is 3.32. The summed E-state index contributed by atoms with van der Waals surface area (Å²) in [4.78, 5) is 0.0324. The number of rotatable bonds is 2.